The van der Waals surface area contributed by atoms with Crippen LogP contribution in [0.3, 0.4) is 0 Å². The van der Waals surface area contributed by atoms with E-state index in [1.54, 1.807) is 5.57 Å². The van der Waals surface area contributed by atoms with Gasteiger partial charge in [0.1, 0.15) is 0 Å². The Morgan fingerprint density at radius 2 is 2.11 bits per heavy atom. The molecule has 1 N–H and O–H groups in total. The number of aliphatic hydroxyl groups is 1. The van der Waals surface area contributed by atoms with Gasteiger partial charge < -0.3 is 5.11 Å². The lowest BCUT2D eigenvalue weighted by atomic mass is 9.59. The molecule has 0 heterocycles. The van der Waals surface area contributed by atoms with Crippen LogP contribution in [-0.2, 0) is 0 Å². The van der Waals surface area contributed by atoms with Crippen LogP contribution >= 0.6 is 15.9 Å². The minimum absolute atomic E-state index is 0.144. The monoisotopic (exact) mass is 328 g/mol. The molecule has 19 heavy (non-hydrogen) atoms. The fraction of sp³-hybridized carbons (Fsp3) is 0.882. The fourth-order valence-electron chi connectivity index (χ4n) is 4.36. The number of halogens is 1. The summed E-state index contributed by atoms with van der Waals surface area (Å²) in [5.74, 6) is 3.56. The highest BCUT2D eigenvalue weighted by Gasteiger charge is 2.41. The normalized spacial score (nSPS) is 38.3. The van der Waals surface area contributed by atoms with E-state index in [0.29, 0.717) is 11.8 Å². The summed E-state index contributed by atoms with van der Waals surface area (Å²) in [6, 6.07) is 0. The van der Waals surface area contributed by atoms with Crippen molar-refractivity contribution in [3.8, 4) is 0 Å². The van der Waals surface area contributed by atoms with Crippen LogP contribution in [0.15, 0.2) is 11.6 Å². The topological polar surface area (TPSA) is 20.2 Å². The van der Waals surface area contributed by atoms with Gasteiger partial charge in [0.05, 0.1) is 6.10 Å². The van der Waals surface area contributed by atoms with E-state index >= 15 is 0 Å². The van der Waals surface area contributed by atoms with Crippen LogP contribution in [0.25, 0.3) is 0 Å². The van der Waals surface area contributed by atoms with E-state index in [9.17, 15) is 5.11 Å². The molecule has 0 aromatic heterocycles. The van der Waals surface area contributed by atoms with Gasteiger partial charge in [0.25, 0.3) is 0 Å². The van der Waals surface area contributed by atoms with Crippen LogP contribution < -0.4 is 0 Å². The molecule has 1 fully saturated rings. The smallest absolute Gasteiger partial charge is 0.0576 e. The van der Waals surface area contributed by atoms with Crippen molar-refractivity contribution in [3.63, 3.8) is 0 Å². The molecular weight excluding hydrogens is 300 g/mol. The number of hydrogen-bond donors (Lipinski definition) is 1. The molecule has 0 radical (unpaired) electrons. The third-order valence-corrected chi connectivity index (χ3v) is 6.17. The van der Waals surface area contributed by atoms with Crippen LogP contribution in [0.2, 0.25) is 0 Å². The molecule has 0 spiro atoms. The van der Waals surface area contributed by atoms with Gasteiger partial charge in [0.15, 0.2) is 0 Å². The molecule has 6 atom stereocenters. The molecule has 0 bridgehead atoms. The number of allylic oxidation sites excluding steroid dienone is 2. The van der Waals surface area contributed by atoms with E-state index < -0.39 is 0 Å². The Labute approximate surface area is 127 Å². The number of fused-ring (bicyclic) bond motifs is 1. The molecule has 110 valence electrons. The van der Waals surface area contributed by atoms with Crippen molar-refractivity contribution in [2.24, 2.45) is 29.6 Å². The third kappa shape index (κ3) is 3.44. The van der Waals surface area contributed by atoms with Crippen molar-refractivity contribution < 1.29 is 5.11 Å². The summed E-state index contributed by atoms with van der Waals surface area (Å²) in [5, 5.41) is 11.2. The second-order valence-corrected chi connectivity index (χ2v) is 7.71. The van der Waals surface area contributed by atoms with Crippen molar-refractivity contribution >= 4 is 15.9 Å². The van der Waals surface area contributed by atoms with Gasteiger partial charge in [0.2, 0.25) is 0 Å². The van der Waals surface area contributed by atoms with E-state index in [0.717, 1.165) is 29.5 Å². The summed E-state index contributed by atoms with van der Waals surface area (Å²) in [5.41, 5.74) is 1.57. The van der Waals surface area contributed by atoms with E-state index in [4.69, 9.17) is 0 Å². The molecule has 0 amide bonds. The molecule has 1 nitrogen and oxygen atoms in total. The zero-order valence-corrected chi connectivity index (χ0v) is 14.2. The Morgan fingerprint density at radius 1 is 1.37 bits per heavy atom. The van der Waals surface area contributed by atoms with Gasteiger partial charge in [-0.3, -0.25) is 0 Å². The first kappa shape index (κ1) is 15.6. The maximum Gasteiger partial charge on any atom is 0.0576 e. The lowest BCUT2D eigenvalue weighted by molar-refractivity contribution is 0.0156. The number of hydrogen-bond acceptors (Lipinski definition) is 1. The van der Waals surface area contributed by atoms with Crippen LogP contribution in [-0.4, -0.2) is 16.5 Å². The number of alkyl halides is 1. The quantitative estimate of drug-likeness (QED) is 0.581. The SMILES string of the molecule is CC1=C[C@H]2[C@@H](CC1)[C@H](C)CC[C@H]2[C@@H](C)[C@H](O)CCBr. The van der Waals surface area contributed by atoms with Gasteiger partial charge in [-0.25, -0.2) is 0 Å². The second-order valence-electron chi connectivity index (χ2n) is 6.92. The molecule has 2 rings (SSSR count). The van der Waals surface area contributed by atoms with Crippen LogP contribution in [0.1, 0.15) is 52.9 Å². The van der Waals surface area contributed by atoms with Crippen LogP contribution in [0.4, 0.5) is 0 Å². The molecule has 0 saturated heterocycles. The highest BCUT2D eigenvalue weighted by Crippen LogP contribution is 2.48. The molecule has 2 aliphatic carbocycles. The Morgan fingerprint density at radius 3 is 2.79 bits per heavy atom. The highest BCUT2D eigenvalue weighted by atomic mass is 79.9. The van der Waals surface area contributed by atoms with E-state index in [1.807, 2.05) is 0 Å². The highest BCUT2D eigenvalue weighted by molar-refractivity contribution is 9.09. The predicted molar refractivity (Wildman–Crippen MR) is 85.4 cm³/mol. The molecule has 1 saturated carbocycles. The predicted octanol–water partition coefficient (Wildman–Crippen LogP) is 4.79. The van der Waals surface area contributed by atoms with E-state index in [1.165, 1.54) is 25.7 Å². The van der Waals surface area contributed by atoms with Gasteiger partial charge in [-0.05, 0) is 62.2 Å². The van der Waals surface area contributed by atoms with Gasteiger partial charge in [-0.15, -0.1) is 0 Å². The first-order chi connectivity index (χ1) is 9.04. The Bertz CT molecular complexity index is 325. The Hall–Kier alpha value is 0.180. The van der Waals surface area contributed by atoms with E-state index in [-0.39, 0.29) is 6.10 Å². The summed E-state index contributed by atoms with van der Waals surface area (Å²) in [6.07, 6.45) is 8.59. The first-order valence-electron chi connectivity index (χ1n) is 7.96. The van der Waals surface area contributed by atoms with Crippen molar-refractivity contribution in [2.45, 2.75) is 59.0 Å². The number of aliphatic hydroxyl groups excluding tert-OH is 1. The van der Waals surface area contributed by atoms with Gasteiger partial charge >= 0.3 is 0 Å². The lowest BCUT2D eigenvalue weighted by Gasteiger charge is -2.46. The zero-order valence-electron chi connectivity index (χ0n) is 12.6. The standard InChI is InChI=1S/C17H29BrO/c1-11-4-6-14-12(2)5-7-15(16(14)10-11)13(3)17(19)8-9-18/h10,12-17,19H,4-9H2,1-3H3/t12-,13-,14+,15+,16+,17-/m1/s1. The largest absolute Gasteiger partial charge is 0.393 e. The first-order valence-corrected chi connectivity index (χ1v) is 9.08. The molecule has 2 aliphatic rings. The fourth-order valence-corrected chi connectivity index (χ4v) is 4.83. The van der Waals surface area contributed by atoms with Gasteiger partial charge in [-0.2, -0.15) is 0 Å². The summed E-state index contributed by atoms with van der Waals surface area (Å²) in [4.78, 5) is 0. The summed E-state index contributed by atoms with van der Waals surface area (Å²) in [7, 11) is 0. The summed E-state index contributed by atoms with van der Waals surface area (Å²) < 4.78 is 0. The maximum atomic E-state index is 10.3. The summed E-state index contributed by atoms with van der Waals surface area (Å²) in [6.45, 7) is 6.98. The molecule has 0 unspecified atom stereocenters. The molecule has 0 aliphatic heterocycles. The Balaban J connectivity index is 2.13. The van der Waals surface area contributed by atoms with Crippen LogP contribution in [0.5, 0.6) is 0 Å². The molecule has 0 aromatic carbocycles. The second kappa shape index (κ2) is 6.76. The van der Waals surface area contributed by atoms with Crippen molar-refractivity contribution in [1.82, 2.24) is 0 Å². The average Bonchev–Trinajstić information content (AvgIpc) is 2.38. The molecular formula is C17H29BrO. The van der Waals surface area contributed by atoms with Crippen molar-refractivity contribution in [2.75, 3.05) is 5.33 Å². The average molecular weight is 329 g/mol. The van der Waals surface area contributed by atoms with Crippen molar-refractivity contribution in [3.05, 3.63) is 11.6 Å². The minimum atomic E-state index is -0.144. The van der Waals surface area contributed by atoms with Gasteiger partial charge in [-0.1, -0.05) is 47.8 Å². The van der Waals surface area contributed by atoms with E-state index in [2.05, 4.69) is 42.8 Å². The van der Waals surface area contributed by atoms with Gasteiger partial charge in [0, 0.05) is 5.33 Å². The molecule has 0 aromatic rings. The zero-order chi connectivity index (χ0) is 14.0. The summed E-state index contributed by atoms with van der Waals surface area (Å²) >= 11 is 3.46. The Kier molecular flexibility index (Phi) is 5.54. The third-order valence-electron chi connectivity index (χ3n) is 5.71. The number of rotatable bonds is 4. The van der Waals surface area contributed by atoms with Crippen LogP contribution in [0, 0.1) is 29.6 Å². The van der Waals surface area contributed by atoms with Crippen molar-refractivity contribution in [1.29, 1.82) is 0 Å². The lowest BCUT2D eigenvalue weighted by Crippen LogP contribution is -2.40. The maximum absolute atomic E-state index is 10.3. The minimum Gasteiger partial charge on any atom is -0.393 e. The molecule has 2 heteroatoms.